The Morgan fingerprint density at radius 3 is 2.48 bits per heavy atom. The number of ketones is 1. The highest BCUT2D eigenvalue weighted by atomic mass is 32.2. The van der Waals surface area contributed by atoms with Gasteiger partial charge in [0.1, 0.15) is 29.6 Å². The lowest BCUT2D eigenvalue weighted by Crippen LogP contribution is -2.41. The van der Waals surface area contributed by atoms with Crippen molar-refractivity contribution in [1.82, 2.24) is 10.1 Å². The maximum atomic E-state index is 14.6. The summed E-state index contributed by atoms with van der Waals surface area (Å²) in [5.41, 5.74) is 1.38. The first-order valence-corrected chi connectivity index (χ1v) is 23.2. The Morgan fingerprint density at radius 1 is 1.02 bits per heavy atom. The molecule has 5 atom stereocenters. The van der Waals surface area contributed by atoms with E-state index in [9.17, 15) is 31.0 Å². The van der Waals surface area contributed by atoms with Crippen LogP contribution in [-0.2, 0) is 52.4 Å². The van der Waals surface area contributed by atoms with E-state index < -0.39 is 36.8 Å². The summed E-state index contributed by atoms with van der Waals surface area (Å²) < 4.78 is 80.1. The molecule has 2 aromatic carbocycles. The second kappa shape index (κ2) is 16.2. The highest BCUT2D eigenvalue weighted by molar-refractivity contribution is 7.93. The number of carbonyl (C=O) groups excluding carboxylic acids is 2. The molecule has 16 heteroatoms. The number of ether oxygens (including phenoxy) is 2. The Hall–Kier alpha value is -3.96. The number of anilines is 1. The summed E-state index contributed by atoms with van der Waals surface area (Å²) >= 11 is 0. The molecule has 314 valence electrons. The zero-order chi connectivity index (χ0) is 41.6. The van der Waals surface area contributed by atoms with Gasteiger partial charge in [-0.2, -0.15) is 8.42 Å². The number of amidine groups is 1. The van der Waals surface area contributed by atoms with Crippen molar-refractivity contribution < 1.29 is 45.0 Å². The van der Waals surface area contributed by atoms with Crippen LogP contribution in [0.4, 0.5) is 5.82 Å². The van der Waals surface area contributed by atoms with Crippen molar-refractivity contribution in [3.05, 3.63) is 64.9 Å². The largest absolute Gasteiger partial charge is 0.377 e. The number of methoxy groups -OCH3 is 1. The maximum Gasteiger partial charge on any atom is 0.268 e. The van der Waals surface area contributed by atoms with E-state index in [0.29, 0.717) is 67.6 Å². The first kappa shape index (κ1) is 42.2. The average molecular weight is 839 g/mol. The SMILES string of the molecule is CCCCC1=NC2(CCC(C3CC4(CS(=O)(=O)O)CC3CC4=O)C2)C(=O)N1Cc1ccc(-c2ccccc2S(=O)(=O)N(COC)c2noc(C)c2C)c(COCC)c1. The van der Waals surface area contributed by atoms with E-state index in [1.54, 1.807) is 38.1 Å². The summed E-state index contributed by atoms with van der Waals surface area (Å²) in [6.07, 6.45) is 5.52. The number of nitrogens with zero attached hydrogens (tertiary/aromatic N) is 4. The lowest BCUT2D eigenvalue weighted by Gasteiger charge is -2.32. The zero-order valence-corrected chi connectivity index (χ0v) is 35.5. The number of hydrogen-bond acceptors (Lipinski definition) is 11. The molecule has 1 spiro atoms. The number of sulfonamides is 1. The first-order valence-electron chi connectivity index (χ1n) is 20.2. The van der Waals surface area contributed by atoms with Crippen LogP contribution in [0.15, 0.2) is 56.9 Å². The minimum atomic E-state index is -4.32. The van der Waals surface area contributed by atoms with Gasteiger partial charge in [-0.15, -0.1) is 0 Å². The number of aryl methyl sites for hydroxylation is 1. The smallest absolute Gasteiger partial charge is 0.268 e. The summed E-state index contributed by atoms with van der Waals surface area (Å²) in [6, 6.07) is 12.6. The molecule has 58 heavy (non-hydrogen) atoms. The second-order valence-electron chi connectivity index (χ2n) is 16.6. The standard InChI is InChI=1S/C42H54N4O10S2/c1-6-8-13-38-43-42(17-16-30(21-42)35-22-41(25-57(49,50)51)20-31(35)19-37(41)47)40(48)45(38)23-29-14-15-33(32(18-29)24-55-7-2)34-11-9-10-12-36(34)58(52,53)46(26-54-5)39-27(3)28(4)56-44-39/h9-12,14-15,18,30-31,35H,6-8,13,16-17,19-26H2,1-5H3,(H,49,50,51). The van der Waals surface area contributed by atoms with Crippen LogP contribution in [0.5, 0.6) is 0 Å². The lowest BCUT2D eigenvalue weighted by molar-refractivity contribution is -0.132. The van der Waals surface area contributed by atoms with Gasteiger partial charge >= 0.3 is 0 Å². The third-order valence-corrected chi connectivity index (χ3v) is 15.6. The molecule has 0 saturated heterocycles. The van der Waals surface area contributed by atoms with Gasteiger partial charge in [0.05, 0.1) is 23.8 Å². The summed E-state index contributed by atoms with van der Waals surface area (Å²) in [5.74, 6) is 1.00. The number of unbranched alkanes of at least 4 members (excludes halogenated alkanes) is 1. The Labute approximate surface area is 341 Å². The van der Waals surface area contributed by atoms with E-state index >= 15 is 0 Å². The molecule has 0 radical (unpaired) electrons. The number of fused-ring (bicyclic) bond motifs is 2. The summed E-state index contributed by atoms with van der Waals surface area (Å²) in [7, 11) is -7.12. The van der Waals surface area contributed by atoms with Crippen molar-refractivity contribution in [2.45, 2.75) is 109 Å². The fraction of sp³-hybridized carbons (Fsp3) is 0.571. The van der Waals surface area contributed by atoms with E-state index in [1.807, 2.05) is 30.0 Å². The van der Waals surface area contributed by atoms with E-state index in [1.165, 1.54) is 7.11 Å². The number of carbonyl (C=O) groups is 2. The van der Waals surface area contributed by atoms with Gasteiger partial charge in [-0.1, -0.05) is 54.9 Å². The molecule has 2 bridgehead atoms. The summed E-state index contributed by atoms with van der Waals surface area (Å²) in [4.78, 5) is 34.6. The van der Waals surface area contributed by atoms with E-state index in [0.717, 1.165) is 40.5 Å². The van der Waals surface area contributed by atoms with Gasteiger partial charge in [-0.25, -0.2) is 12.7 Å². The topological polar surface area (TPSA) is 186 Å². The molecule has 3 saturated carbocycles. The van der Waals surface area contributed by atoms with Crippen molar-refractivity contribution in [2.75, 3.05) is 30.5 Å². The van der Waals surface area contributed by atoms with Crippen molar-refractivity contribution in [3.63, 3.8) is 0 Å². The zero-order valence-electron chi connectivity index (χ0n) is 33.9. The maximum absolute atomic E-state index is 14.6. The van der Waals surface area contributed by atoms with Crippen LogP contribution in [0.1, 0.15) is 94.1 Å². The molecular weight excluding hydrogens is 785 g/mol. The van der Waals surface area contributed by atoms with Crippen LogP contribution >= 0.6 is 0 Å². The Balaban J connectivity index is 1.17. The van der Waals surface area contributed by atoms with Gasteiger partial charge < -0.3 is 14.0 Å². The highest BCUT2D eigenvalue weighted by Gasteiger charge is 2.62. The van der Waals surface area contributed by atoms with Crippen molar-refractivity contribution in [3.8, 4) is 11.1 Å². The molecule has 3 fully saturated rings. The molecule has 4 aliphatic rings. The predicted molar refractivity (Wildman–Crippen MR) is 217 cm³/mol. The fourth-order valence-corrected chi connectivity index (χ4v) is 12.7. The minimum absolute atomic E-state index is 0.0449. The Bertz CT molecular complexity index is 2330. The molecule has 5 unspecified atom stereocenters. The predicted octanol–water partition coefficient (Wildman–Crippen LogP) is 6.64. The number of amides is 1. The fourth-order valence-electron chi connectivity index (χ4n) is 10.1. The quantitative estimate of drug-likeness (QED) is 0.114. The Kier molecular flexibility index (Phi) is 11.8. The third-order valence-electron chi connectivity index (χ3n) is 12.9. The molecule has 7 rings (SSSR count). The summed E-state index contributed by atoms with van der Waals surface area (Å²) in [5, 5.41) is 4.04. The van der Waals surface area contributed by atoms with Crippen LogP contribution in [0, 0.1) is 37.0 Å². The number of rotatable bonds is 17. The molecule has 1 N–H and O–H groups in total. The molecule has 1 amide bonds. The van der Waals surface area contributed by atoms with Gasteiger partial charge in [-0.05, 0) is 99.8 Å². The number of benzene rings is 2. The van der Waals surface area contributed by atoms with Gasteiger partial charge in [0.15, 0.2) is 5.82 Å². The van der Waals surface area contributed by atoms with Crippen molar-refractivity contribution in [1.29, 1.82) is 0 Å². The van der Waals surface area contributed by atoms with Crippen LogP contribution in [0.25, 0.3) is 11.1 Å². The van der Waals surface area contributed by atoms with Gasteiger partial charge in [0.2, 0.25) is 0 Å². The molecule has 3 aromatic rings. The van der Waals surface area contributed by atoms with E-state index in [4.69, 9.17) is 19.0 Å². The van der Waals surface area contributed by atoms with E-state index in [-0.39, 0.29) is 60.0 Å². The molecule has 14 nitrogen and oxygen atoms in total. The van der Waals surface area contributed by atoms with Crippen LogP contribution in [-0.4, -0.2) is 80.7 Å². The number of aromatic nitrogens is 1. The molecule has 2 heterocycles. The van der Waals surface area contributed by atoms with Gasteiger partial charge in [0.25, 0.3) is 26.0 Å². The monoisotopic (exact) mass is 838 g/mol. The lowest BCUT2D eigenvalue weighted by atomic mass is 9.74. The highest BCUT2D eigenvalue weighted by Crippen LogP contribution is 2.61. The van der Waals surface area contributed by atoms with Crippen molar-refractivity contribution in [2.24, 2.45) is 28.2 Å². The van der Waals surface area contributed by atoms with Gasteiger partial charge in [-0.3, -0.25) is 24.0 Å². The average Bonchev–Trinajstić information content (AvgIpc) is 3.98. The van der Waals surface area contributed by atoms with Crippen LogP contribution in [0.2, 0.25) is 0 Å². The Morgan fingerprint density at radius 2 is 1.79 bits per heavy atom. The third kappa shape index (κ3) is 7.78. The van der Waals surface area contributed by atoms with Crippen LogP contribution in [0.3, 0.4) is 0 Å². The normalized spacial score (nSPS) is 25.7. The molecule has 1 aromatic heterocycles. The van der Waals surface area contributed by atoms with Crippen LogP contribution < -0.4 is 4.31 Å². The number of hydrogen-bond donors (Lipinski definition) is 1. The molecule has 1 aliphatic heterocycles. The molecule has 3 aliphatic carbocycles. The second-order valence-corrected chi connectivity index (χ2v) is 19.9. The minimum Gasteiger partial charge on any atom is -0.377 e. The van der Waals surface area contributed by atoms with Gasteiger partial charge in [0, 0.05) is 43.1 Å². The number of aliphatic imine (C=N–C) groups is 1. The van der Waals surface area contributed by atoms with Crippen molar-refractivity contribution >= 4 is 43.5 Å². The number of Topliss-reactive ketones (excluding diaryl/α,β-unsaturated/α-hetero) is 1. The summed E-state index contributed by atoms with van der Waals surface area (Å²) in [6.45, 7) is 8.09. The molecular formula is C42H54N4O10S2. The first-order chi connectivity index (χ1) is 27.6. The van der Waals surface area contributed by atoms with E-state index in [2.05, 4.69) is 12.1 Å².